The van der Waals surface area contributed by atoms with Crippen LogP contribution in [0.1, 0.15) is 52.9 Å². The van der Waals surface area contributed by atoms with E-state index in [-0.39, 0.29) is 24.0 Å². The van der Waals surface area contributed by atoms with Crippen LogP contribution in [0.4, 0.5) is 0 Å². The zero-order valence-electron chi connectivity index (χ0n) is 20.3. The first-order chi connectivity index (χ1) is 16.0. The van der Waals surface area contributed by atoms with Gasteiger partial charge in [0.15, 0.2) is 0 Å². The average Bonchev–Trinajstić information content (AvgIpc) is 2.78. The van der Waals surface area contributed by atoms with E-state index >= 15 is 0 Å². The predicted molar refractivity (Wildman–Crippen MR) is 130 cm³/mol. The van der Waals surface area contributed by atoms with Gasteiger partial charge in [-0.3, -0.25) is 9.59 Å². The Morgan fingerprint density at radius 2 is 1.68 bits per heavy atom. The SMILES string of the molecule is CCOC(=O)c1ccc(CCCN(C(=O)[C@@H](N)Cc2c(C)cc(O)cc2C)[C@H](C)C(N)=O)cc1. The first kappa shape index (κ1) is 26.9. The molecule has 0 saturated heterocycles. The molecule has 0 aromatic heterocycles. The number of primary amides is 1. The van der Waals surface area contributed by atoms with Gasteiger partial charge in [-0.05, 0) is 93.5 Å². The number of amides is 2. The Morgan fingerprint density at radius 3 is 2.21 bits per heavy atom. The highest BCUT2D eigenvalue weighted by molar-refractivity contribution is 5.89. The highest BCUT2D eigenvalue weighted by Crippen LogP contribution is 2.22. The van der Waals surface area contributed by atoms with Crippen molar-refractivity contribution in [2.75, 3.05) is 13.2 Å². The van der Waals surface area contributed by atoms with Gasteiger partial charge in [-0.1, -0.05) is 12.1 Å². The Morgan fingerprint density at radius 1 is 1.09 bits per heavy atom. The lowest BCUT2D eigenvalue weighted by atomic mass is 9.95. The fourth-order valence-corrected chi connectivity index (χ4v) is 3.94. The number of benzene rings is 2. The molecule has 2 atom stereocenters. The van der Waals surface area contributed by atoms with Gasteiger partial charge in [-0.25, -0.2) is 4.79 Å². The molecule has 34 heavy (non-hydrogen) atoms. The van der Waals surface area contributed by atoms with Crippen molar-refractivity contribution < 1.29 is 24.2 Å². The van der Waals surface area contributed by atoms with E-state index in [0.717, 1.165) is 22.3 Å². The molecule has 2 aromatic carbocycles. The highest BCUT2D eigenvalue weighted by Gasteiger charge is 2.28. The molecule has 0 radical (unpaired) electrons. The molecule has 0 aliphatic carbocycles. The maximum atomic E-state index is 13.2. The van der Waals surface area contributed by atoms with Crippen molar-refractivity contribution in [3.63, 3.8) is 0 Å². The van der Waals surface area contributed by atoms with Gasteiger partial charge in [0.05, 0.1) is 18.2 Å². The monoisotopic (exact) mass is 469 g/mol. The molecule has 0 fully saturated rings. The Kier molecular flexibility index (Phi) is 9.62. The van der Waals surface area contributed by atoms with Gasteiger partial charge in [0, 0.05) is 6.54 Å². The molecule has 8 heteroatoms. The number of nitrogens with zero attached hydrogens (tertiary/aromatic N) is 1. The predicted octanol–water partition coefficient (Wildman–Crippen LogP) is 2.39. The normalized spacial score (nSPS) is 12.6. The van der Waals surface area contributed by atoms with Gasteiger partial charge in [-0.15, -0.1) is 0 Å². The number of phenolic OH excluding ortho intramolecular Hbond substituents is 1. The summed E-state index contributed by atoms with van der Waals surface area (Å²) < 4.78 is 4.99. The van der Waals surface area contributed by atoms with Crippen LogP contribution in [-0.2, 0) is 27.2 Å². The molecule has 0 aliphatic rings. The number of nitrogens with two attached hydrogens (primary N) is 2. The molecular weight excluding hydrogens is 434 g/mol. The quantitative estimate of drug-likeness (QED) is 0.432. The third kappa shape index (κ3) is 7.05. The fraction of sp³-hybridized carbons (Fsp3) is 0.423. The number of phenols is 1. The van der Waals surface area contributed by atoms with Crippen LogP contribution in [0.5, 0.6) is 5.75 Å². The van der Waals surface area contributed by atoms with Crippen LogP contribution in [0.3, 0.4) is 0 Å². The van der Waals surface area contributed by atoms with E-state index in [1.165, 1.54) is 4.90 Å². The number of aromatic hydroxyl groups is 1. The molecule has 0 heterocycles. The summed E-state index contributed by atoms with van der Waals surface area (Å²) >= 11 is 0. The number of carbonyl (C=O) groups excluding carboxylic acids is 3. The van der Waals surface area contributed by atoms with E-state index in [1.54, 1.807) is 38.1 Å². The first-order valence-electron chi connectivity index (χ1n) is 11.5. The molecule has 184 valence electrons. The van der Waals surface area contributed by atoms with Crippen LogP contribution < -0.4 is 11.5 Å². The molecule has 5 N–H and O–H groups in total. The topological polar surface area (TPSA) is 136 Å². The number of hydrogen-bond acceptors (Lipinski definition) is 6. The fourth-order valence-electron chi connectivity index (χ4n) is 3.94. The van der Waals surface area contributed by atoms with Gasteiger partial charge in [0.2, 0.25) is 11.8 Å². The van der Waals surface area contributed by atoms with E-state index in [4.69, 9.17) is 16.2 Å². The van der Waals surface area contributed by atoms with Crippen LogP contribution in [0.2, 0.25) is 0 Å². The standard InChI is InChI=1S/C26H35N3O5/c1-5-34-26(33)20-10-8-19(9-11-20)7-6-12-29(18(4)24(28)31)25(32)23(27)15-22-16(2)13-21(30)14-17(22)3/h8-11,13-14,18,23,30H,5-7,12,15,27H2,1-4H3,(H2,28,31)/t18-,23+/m1/s1. The minimum absolute atomic E-state index is 0.165. The van der Waals surface area contributed by atoms with E-state index in [0.29, 0.717) is 31.6 Å². The lowest BCUT2D eigenvalue weighted by Gasteiger charge is -2.30. The Bertz CT molecular complexity index is 997. The largest absolute Gasteiger partial charge is 0.508 e. The van der Waals surface area contributed by atoms with E-state index in [2.05, 4.69) is 0 Å². The molecule has 2 rings (SSSR count). The van der Waals surface area contributed by atoms with Crippen molar-refractivity contribution in [3.8, 4) is 5.75 Å². The van der Waals surface area contributed by atoms with Crippen LogP contribution in [-0.4, -0.2) is 53.0 Å². The molecule has 0 aliphatic heterocycles. The molecular formula is C26H35N3O5. The van der Waals surface area contributed by atoms with Crippen LogP contribution in [0.15, 0.2) is 36.4 Å². The first-order valence-corrected chi connectivity index (χ1v) is 11.5. The number of rotatable bonds is 11. The summed E-state index contributed by atoms with van der Waals surface area (Å²) in [5.41, 5.74) is 15.8. The van der Waals surface area contributed by atoms with Crippen molar-refractivity contribution >= 4 is 17.8 Å². The number of esters is 1. The van der Waals surface area contributed by atoms with Crippen molar-refractivity contribution in [2.45, 2.75) is 59.0 Å². The average molecular weight is 470 g/mol. The lowest BCUT2D eigenvalue weighted by molar-refractivity contribution is -0.139. The summed E-state index contributed by atoms with van der Waals surface area (Å²) in [7, 11) is 0. The molecule has 2 amide bonds. The highest BCUT2D eigenvalue weighted by atomic mass is 16.5. The Balaban J connectivity index is 2.06. The summed E-state index contributed by atoms with van der Waals surface area (Å²) in [4.78, 5) is 38.3. The van der Waals surface area contributed by atoms with E-state index < -0.39 is 18.0 Å². The number of ether oxygens (including phenoxy) is 1. The van der Waals surface area contributed by atoms with Gasteiger partial charge >= 0.3 is 5.97 Å². The van der Waals surface area contributed by atoms with Crippen LogP contribution in [0.25, 0.3) is 0 Å². The van der Waals surface area contributed by atoms with Gasteiger partial charge in [0.1, 0.15) is 11.8 Å². The second kappa shape index (κ2) is 12.2. The van der Waals surface area contributed by atoms with Gasteiger partial charge < -0.3 is 26.2 Å². The van der Waals surface area contributed by atoms with E-state index in [9.17, 15) is 19.5 Å². The minimum atomic E-state index is -0.854. The maximum absolute atomic E-state index is 13.2. The summed E-state index contributed by atoms with van der Waals surface area (Å²) in [6.45, 7) is 7.69. The summed E-state index contributed by atoms with van der Waals surface area (Å²) in [5.74, 6) is -1.15. The maximum Gasteiger partial charge on any atom is 0.338 e. The molecule has 0 unspecified atom stereocenters. The Hall–Kier alpha value is -3.39. The summed E-state index contributed by atoms with van der Waals surface area (Å²) in [5, 5.41) is 9.76. The van der Waals surface area contributed by atoms with Crippen LogP contribution >= 0.6 is 0 Å². The smallest absolute Gasteiger partial charge is 0.338 e. The number of carbonyl (C=O) groups is 3. The third-order valence-electron chi connectivity index (χ3n) is 5.91. The van der Waals surface area contributed by atoms with Crippen molar-refractivity contribution in [1.29, 1.82) is 0 Å². The van der Waals surface area contributed by atoms with Crippen LogP contribution in [0, 0.1) is 13.8 Å². The molecule has 0 spiro atoms. The van der Waals surface area contributed by atoms with Crippen molar-refractivity contribution in [2.24, 2.45) is 11.5 Å². The lowest BCUT2D eigenvalue weighted by Crippen LogP contribution is -2.53. The summed E-state index contributed by atoms with van der Waals surface area (Å²) in [6, 6.07) is 8.73. The zero-order valence-corrected chi connectivity index (χ0v) is 20.3. The number of aryl methyl sites for hydroxylation is 3. The second-order valence-corrected chi connectivity index (χ2v) is 8.50. The molecule has 0 bridgehead atoms. The van der Waals surface area contributed by atoms with Crippen molar-refractivity contribution in [1.82, 2.24) is 4.90 Å². The molecule has 0 saturated carbocycles. The molecule has 8 nitrogen and oxygen atoms in total. The minimum Gasteiger partial charge on any atom is -0.508 e. The third-order valence-corrected chi connectivity index (χ3v) is 5.91. The van der Waals surface area contributed by atoms with Gasteiger partial charge in [-0.2, -0.15) is 0 Å². The van der Waals surface area contributed by atoms with Crippen molar-refractivity contribution in [3.05, 3.63) is 64.2 Å². The molecule has 2 aromatic rings. The van der Waals surface area contributed by atoms with E-state index in [1.807, 2.05) is 26.0 Å². The number of hydrogen-bond donors (Lipinski definition) is 3. The Labute approximate surface area is 200 Å². The summed E-state index contributed by atoms with van der Waals surface area (Å²) in [6.07, 6.45) is 1.52. The van der Waals surface area contributed by atoms with Gasteiger partial charge in [0.25, 0.3) is 0 Å². The zero-order chi connectivity index (χ0) is 25.4. The second-order valence-electron chi connectivity index (χ2n) is 8.50.